The third kappa shape index (κ3) is 3.18. The van der Waals surface area contributed by atoms with Gasteiger partial charge in [0, 0.05) is 21.4 Å². The average Bonchev–Trinajstić information content (AvgIpc) is 2.43. The van der Waals surface area contributed by atoms with Crippen LogP contribution < -0.4 is 0 Å². The lowest BCUT2D eigenvalue weighted by molar-refractivity contribution is -0.144. The summed E-state index contributed by atoms with van der Waals surface area (Å²) in [5.41, 5.74) is -2.75. The molecule has 7 heteroatoms. The fourth-order valence-electron chi connectivity index (χ4n) is 3.19. The minimum absolute atomic E-state index is 0.277. The summed E-state index contributed by atoms with van der Waals surface area (Å²) in [7, 11) is 0. The minimum atomic E-state index is -4.78. The summed E-state index contributed by atoms with van der Waals surface area (Å²) in [6.07, 6.45) is -4.51. The molecule has 1 aliphatic rings. The highest BCUT2D eigenvalue weighted by Crippen LogP contribution is 2.41. The Morgan fingerprint density at radius 1 is 1.25 bits per heavy atom. The summed E-state index contributed by atoms with van der Waals surface area (Å²) in [6.45, 7) is 4.79. The average molecular weight is 405 g/mol. The van der Waals surface area contributed by atoms with Crippen molar-refractivity contribution in [1.82, 2.24) is 0 Å². The summed E-state index contributed by atoms with van der Waals surface area (Å²) < 4.78 is 39.6. The molecule has 3 nitrogen and oxygen atoms in total. The molecule has 0 amide bonds. The van der Waals surface area contributed by atoms with Gasteiger partial charge in [0.1, 0.15) is 5.92 Å². The fraction of sp³-hybridized carbons (Fsp3) is 0.471. The lowest BCUT2D eigenvalue weighted by Gasteiger charge is -2.35. The maximum absolute atomic E-state index is 13.3. The second-order valence-corrected chi connectivity index (χ2v) is 7.57. The molecule has 0 aliphatic heterocycles. The molecular formula is C17H16BrF3O3. The van der Waals surface area contributed by atoms with Crippen molar-refractivity contribution in [2.24, 2.45) is 17.3 Å². The first-order valence-corrected chi connectivity index (χ1v) is 8.15. The topological polar surface area (TPSA) is 51.2 Å². The Kier molecular flexibility index (Phi) is 4.78. The zero-order chi connectivity index (χ0) is 18.4. The van der Waals surface area contributed by atoms with Gasteiger partial charge in [-0.25, -0.2) is 0 Å². The first-order valence-electron chi connectivity index (χ1n) is 7.36. The molecule has 2 atom stereocenters. The van der Waals surface area contributed by atoms with Gasteiger partial charge in [-0.05, 0) is 12.5 Å². The van der Waals surface area contributed by atoms with Crippen LogP contribution in [0.1, 0.15) is 43.1 Å². The van der Waals surface area contributed by atoms with E-state index in [-0.39, 0.29) is 10.9 Å². The largest absolute Gasteiger partial charge is 0.418 e. The first-order chi connectivity index (χ1) is 10.9. The van der Waals surface area contributed by atoms with Gasteiger partial charge in [0.15, 0.2) is 17.3 Å². The van der Waals surface area contributed by atoms with E-state index >= 15 is 0 Å². The van der Waals surface area contributed by atoms with Crippen LogP contribution in [0, 0.1) is 17.3 Å². The van der Waals surface area contributed by atoms with Crippen LogP contribution in [-0.2, 0) is 15.8 Å². The smallest absolute Gasteiger partial charge is 0.298 e. The van der Waals surface area contributed by atoms with Crippen LogP contribution in [0.5, 0.6) is 0 Å². The van der Waals surface area contributed by atoms with Crippen molar-refractivity contribution in [3.63, 3.8) is 0 Å². The predicted octanol–water partition coefficient (Wildman–Crippen LogP) is 4.47. The second kappa shape index (κ2) is 6.10. The number of hydrogen-bond donors (Lipinski definition) is 0. The van der Waals surface area contributed by atoms with E-state index in [9.17, 15) is 27.6 Å². The lowest BCUT2D eigenvalue weighted by Crippen LogP contribution is -2.48. The van der Waals surface area contributed by atoms with Crippen molar-refractivity contribution in [3.05, 3.63) is 33.8 Å². The highest BCUT2D eigenvalue weighted by atomic mass is 79.9. The molecule has 0 spiro atoms. The molecule has 0 aromatic heterocycles. The quantitative estimate of drug-likeness (QED) is 0.539. The van der Waals surface area contributed by atoms with Crippen LogP contribution in [0.15, 0.2) is 22.7 Å². The van der Waals surface area contributed by atoms with Gasteiger partial charge in [-0.3, -0.25) is 14.4 Å². The SMILES string of the molecule is CC1CC(C)(C)C(=O)C(C(=O)c2cccc(Br)c2C(F)(F)F)C1=O. The second-order valence-electron chi connectivity index (χ2n) is 6.71. The first kappa shape index (κ1) is 18.8. The van der Waals surface area contributed by atoms with E-state index in [1.807, 2.05) is 0 Å². The van der Waals surface area contributed by atoms with Crippen LogP contribution in [0.2, 0.25) is 0 Å². The molecule has 1 fully saturated rings. The lowest BCUT2D eigenvalue weighted by atomic mass is 9.64. The van der Waals surface area contributed by atoms with Crippen molar-refractivity contribution >= 4 is 33.3 Å². The van der Waals surface area contributed by atoms with E-state index < -0.39 is 51.9 Å². The third-order valence-electron chi connectivity index (χ3n) is 4.34. The Morgan fingerprint density at radius 3 is 2.38 bits per heavy atom. The molecule has 24 heavy (non-hydrogen) atoms. The van der Waals surface area contributed by atoms with E-state index in [0.717, 1.165) is 12.1 Å². The molecule has 1 aliphatic carbocycles. The zero-order valence-electron chi connectivity index (χ0n) is 13.3. The van der Waals surface area contributed by atoms with Crippen LogP contribution in [-0.4, -0.2) is 17.3 Å². The van der Waals surface area contributed by atoms with Crippen molar-refractivity contribution in [2.75, 3.05) is 0 Å². The van der Waals surface area contributed by atoms with Gasteiger partial charge < -0.3 is 0 Å². The predicted molar refractivity (Wildman–Crippen MR) is 84.5 cm³/mol. The monoisotopic (exact) mass is 404 g/mol. The highest BCUT2D eigenvalue weighted by molar-refractivity contribution is 9.10. The van der Waals surface area contributed by atoms with Crippen molar-refractivity contribution in [2.45, 2.75) is 33.4 Å². The normalized spacial score (nSPS) is 24.1. The zero-order valence-corrected chi connectivity index (χ0v) is 14.9. The Balaban J connectivity index is 2.58. The van der Waals surface area contributed by atoms with Gasteiger partial charge in [-0.1, -0.05) is 48.8 Å². The minimum Gasteiger partial charge on any atom is -0.298 e. The molecule has 1 saturated carbocycles. The molecule has 0 N–H and O–H groups in total. The summed E-state index contributed by atoms with van der Waals surface area (Å²) in [5, 5.41) is 0. The van der Waals surface area contributed by atoms with Gasteiger partial charge in [-0.2, -0.15) is 13.2 Å². The fourth-order valence-corrected chi connectivity index (χ4v) is 3.78. The molecule has 130 valence electrons. The van der Waals surface area contributed by atoms with Crippen LogP contribution in [0.3, 0.4) is 0 Å². The number of carbonyl (C=O) groups is 3. The molecule has 2 rings (SSSR count). The number of ketones is 3. The Hall–Kier alpha value is -1.50. The van der Waals surface area contributed by atoms with Crippen LogP contribution >= 0.6 is 15.9 Å². The Labute approximate surface area is 145 Å². The van der Waals surface area contributed by atoms with Crippen LogP contribution in [0.4, 0.5) is 13.2 Å². The molecular weight excluding hydrogens is 389 g/mol. The van der Waals surface area contributed by atoms with E-state index in [1.165, 1.54) is 6.07 Å². The molecule has 0 saturated heterocycles. The molecule has 0 radical (unpaired) electrons. The van der Waals surface area contributed by atoms with Gasteiger partial charge in [-0.15, -0.1) is 0 Å². The molecule has 0 bridgehead atoms. The number of carbonyl (C=O) groups excluding carboxylic acids is 3. The van der Waals surface area contributed by atoms with Gasteiger partial charge >= 0.3 is 6.18 Å². The Bertz CT molecular complexity index is 722. The molecule has 0 heterocycles. The van der Waals surface area contributed by atoms with Crippen LogP contribution in [0.25, 0.3) is 0 Å². The van der Waals surface area contributed by atoms with E-state index in [2.05, 4.69) is 15.9 Å². The Morgan fingerprint density at radius 2 is 1.83 bits per heavy atom. The molecule has 1 aromatic carbocycles. The molecule has 2 unspecified atom stereocenters. The summed E-state index contributed by atoms with van der Waals surface area (Å²) in [4.78, 5) is 37.6. The number of benzene rings is 1. The van der Waals surface area contributed by atoms with Gasteiger partial charge in [0.05, 0.1) is 5.56 Å². The number of rotatable bonds is 2. The van der Waals surface area contributed by atoms with Crippen molar-refractivity contribution in [3.8, 4) is 0 Å². The van der Waals surface area contributed by atoms with E-state index in [1.54, 1.807) is 20.8 Å². The van der Waals surface area contributed by atoms with Crippen molar-refractivity contribution < 1.29 is 27.6 Å². The van der Waals surface area contributed by atoms with E-state index in [0.29, 0.717) is 0 Å². The summed E-state index contributed by atoms with van der Waals surface area (Å²) >= 11 is 2.80. The maximum atomic E-state index is 13.3. The van der Waals surface area contributed by atoms with Gasteiger partial charge in [0.2, 0.25) is 0 Å². The summed E-state index contributed by atoms with van der Waals surface area (Å²) in [6, 6.07) is 3.44. The number of hydrogen-bond acceptors (Lipinski definition) is 3. The highest BCUT2D eigenvalue weighted by Gasteiger charge is 2.50. The summed E-state index contributed by atoms with van der Waals surface area (Å²) in [5.74, 6) is -4.56. The molecule has 1 aromatic rings. The third-order valence-corrected chi connectivity index (χ3v) is 5.00. The van der Waals surface area contributed by atoms with E-state index in [4.69, 9.17) is 0 Å². The standard InChI is InChI=1S/C17H16BrF3O3/c1-8-7-16(2,3)15(24)11(13(8)22)14(23)9-5-4-6-10(18)12(9)17(19,20)21/h4-6,8,11H,7H2,1-3H3. The maximum Gasteiger partial charge on any atom is 0.418 e. The van der Waals surface area contributed by atoms with Gasteiger partial charge in [0.25, 0.3) is 0 Å². The number of halogens is 4. The number of Topliss-reactive ketones (excluding diaryl/α,β-unsaturated/α-hetero) is 3. The van der Waals surface area contributed by atoms with Crippen molar-refractivity contribution in [1.29, 1.82) is 0 Å². The number of alkyl halides is 3.